The van der Waals surface area contributed by atoms with E-state index >= 15 is 0 Å². The Balaban J connectivity index is 1.56. The van der Waals surface area contributed by atoms with Crippen molar-refractivity contribution in [2.24, 2.45) is 5.73 Å². The number of hydrogen-bond acceptors (Lipinski definition) is 5. The maximum absolute atomic E-state index is 13.8. The highest BCUT2D eigenvalue weighted by molar-refractivity contribution is 6.30. The molecule has 1 saturated heterocycles. The van der Waals surface area contributed by atoms with E-state index in [0.717, 1.165) is 41.5 Å². The molecule has 4 atom stereocenters. The SMILES string of the molecule is C[C@@H]1Cc2ccc(Cl)cc2-c2cc(=O)n([C@@H](C[C@@H]3CCCCO3)C(=O)Nc3ccc(C(N)=O)cc3)cc2[C@H](C)O1. The number of primary amides is 1. The lowest BCUT2D eigenvalue weighted by molar-refractivity contribution is -0.121. The van der Waals surface area contributed by atoms with Crippen molar-refractivity contribution in [3.63, 3.8) is 0 Å². The first-order valence-corrected chi connectivity index (χ1v) is 14.1. The van der Waals surface area contributed by atoms with Crippen LogP contribution in [0.15, 0.2) is 59.5 Å². The van der Waals surface area contributed by atoms with Crippen LogP contribution in [0.1, 0.15) is 73.2 Å². The molecule has 0 saturated carbocycles. The van der Waals surface area contributed by atoms with Gasteiger partial charge in [0, 0.05) is 47.1 Å². The summed E-state index contributed by atoms with van der Waals surface area (Å²) in [4.78, 5) is 38.9. The van der Waals surface area contributed by atoms with Gasteiger partial charge >= 0.3 is 0 Å². The minimum absolute atomic E-state index is 0.0541. The molecule has 0 radical (unpaired) electrons. The number of nitrogens with one attached hydrogen (secondary N) is 1. The van der Waals surface area contributed by atoms with Gasteiger partial charge < -0.3 is 25.1 Å². The molecule has 0 aliphatic carbocycles. The lowest BCUT2D eigenvalue weighted by Crippen LogP contribution is -2.37. The molecule has 2 amide bonds. The zero-order chi connectivity index (χ0) is 28.4. The number of amides is 2. The van der Waals surface area contributed by atoms with Crippen LogP contribution in [0.3, 0.4) is 0 Å². The molecule has 0 spiro atoms. The Morgan fingerprint density at radius 2 is 1.88 bits per heavy atom. The lowest BCUT2D eigenvalue weighted by atomic mass is 9.90. The second-order valence-corrected chi connectivity index (χ2v) is 11.1. The molecule has 8 nitrogen and oxygen atoms in total. The summed E-state index contributed by atoms with van der Waals surface area (Å²) in [7, 11) is 0. The Morgan fingerprint density at radius 3 is 2.58 bits per heavy atom. The number of rotatable bonds is 6. The van der Waals surface area contributed by atoms with Crippen LogP contribution < -0.4 is 16.6 Å². The van der Waals surface area contributed by atoms with Crippen LogP contribution in [-0.4, -0.2) is 35.2 Å². The van der Waals surface area contributed by atoms with Crippen molar-refractivity contribution >= 4 is 29.1 Å². The van der Waals surface area contributed by atoms with Crippen LogP contribution in [0, 0.1) is 0 Å². The molecule has 210 valence electrons. The summed E-state index contributed by atoms with van der Waals surface area (Å²) in [6.45, 7) is 4.61. The van der Waals surface area contributed by atoms with Gasteiger partial charge in [0.15, 0.2) is 0 Å². The molecule has 0 unspecified atom stereocenters. The Bertz CT molecular complexity index is 1460. The van der Waals surface area contributed by atoms with Crippen molar-refractivity contribution in [3.05, 3.63) is 86.8 Å². The Hall–Kier alpha value is -3.46. The zero-order valence-corrected chi connectivity index (χ0v) is 23.4. The summed E-state index contributed by atoms with van der Waals surface area (Å²) in [5, 5.41) is 3.50. The predicted octanol–water partition coefficient (Wildman–Crippen LogP) is 5.43. The van der Waals surface area contributed by atoms with Gasteiger partial charge in [-0.15, -0.1) is 0 Å². The van der Waals surface area contributed by atoms with E-state index < -0.39 is 11.9 Å². The van der Waals surface area contributed by atoms with Gasteiger partial charge in [-0.1, -0.05) is 17.7 Å². The van der Waals surface area contributed by atoms with Crippen LogP contribution in [0.4, 0.5) is 5.69 Å². The van der Waals surface area contributed by atoms with E-state index in [-0.39, 0.29) is 29.8 Å². The summed E-state index contributed by atoms with van der Waals surface area (Å²) in [5.41, 5.74) is 9.40. The standard InChI is InChI=1S/C31H34ClN3O5/c1-18-13-21-6-9-22(32)14-25(21)26-16-29(36)35(17-27(26)19(2)40-18)28(15-24-5-3-4-12-39-24)31(38)34-23-10-7-20(8-11-23)30(33)37/h6-11,14,16-19,24,28H,3-5,12-13,15H2,1-2H3,(H2,33,37)(H,34,38)/t18-,19+,24+,28+/m1/s1. The first kappa shape index (κ1) is 28.1. The van der Waals surface area contributed by atoms with Crippen LogP contribution in [0.25, 0.3) is 11.1 Å². The zero-order valence-electron chi connectivity index (χ0n) is 22.7. The fourth-order valence-corrected chi connectivity index (χ4v) is 5.83. The van der Waals surface area contributed by atoms with Crippen molar-refractivity contribution in [1.29, 1.82) is 0 Å². The predicted molar refractivity (Wildman–Crippen MR) is 155 cm³/mol. The Kier molecular flexibility index (Phi) is 8.40. The maximum atomic E-state index is 13.8. The molecule has 40 heavy (non-hydrogen) atoms. The molecule has 2 aliphatic heterocycles. The molecule has 1 fully saturated rings. The second kappa shape index (κ2) is 12.0. The molecule has 9 heteroatoms. The van der Waals surface area contributed by atoms with E-state index in [1.807, 2.05) is 32.0 Å². The molecule has 2 aliphatic rings. The van der Waals surface area contributed by atoms with Crippen molar-refractivity contribution in [2.75, 3.05) is 11.9 Å². The normalized spacial score (nSPS) is 21.3. The molecule has 5 rings (SSSR count). The van der Waals surface area contributed by atoms with E-state index in [1.54, 1.807) is 36.5 Å². The number of hydrogen-bond donors (Lipinski definition) is 2. The lowest BCUT2D eigenvalue weighted by Gasteiger charge is -2.30. The number of fused-ring (bicyclic) bond motifs is 3. The molecular weight excluding hydrogens is 530 g/mol. The number of nitrogens with zero attached hydrogens (tertiary/aromatic N) is 1. The maximum Gasteiger partial charge on any atom is 0.251 e. The highest BCUT2D eigenvalue weighted by Crippen LogP contribution is 2.37. The summed E-state index contributed by atoms with van der Waals surface area (Å²) in [5.74, 6) is -0.898. The third-order valence-electron chi connectivity index (χ3n) is 7.69. The van der Waals surface area contributed by atoms with E-state index in [2.05, 4.69) is 5.32 Å². The molecule has 3 heterocycles. The number of benzene rings is 2. The van der Waals surface area contributed by atoms with Crippen LogP contribution in [-0.2, 0) is 20.7 Å². The smallest absolute Gasteiger partial charge is 0.251 e. The van der Waals surface area contributed by atoms with Gasteiger partial charge in [-0.3, -0.25) is 14.4 Å². The van der Waals surface area contributed by atoms with Crippen molar-refractivity contribution in [3.8, 4) is 11.1 Å². The number of nitrogens with two attached hydrogens (primary N) is 1. The summed E-state index contributed by atoms with van der Waals surface area (Å²) < 4.78 is 13.8. The Labute approximate surface area is 238 Å². The number of pyridine rings is 1. The quantitative estimate of drug-likeness (QED) is 0.415. The van der Waals surface area contributed by atoms with Gasteiger partial charge in [0.25, 0.3) is 5.56 Å². The summed E-state index contributed by atoms with van der Waals surface area (Å²) in [6.07, 6.45) is 5.08. The number of anilines is 1. The highest BCUT2D eigenvalue weighted by atomic mass is 35.5. The van der Waals surface area contributed by atoms with Gasteiger partial charge in [-0.05, 0) is 92.6 Å². The van der Waals surface area contributed by atoms with Crippen molar-refractivity contribution in [1.82, 2.24) is 4.57 Å². The van der Waals surface area contributed by atoms with Crippen molar-refractivity contribution < 1.29 is 19.1 Å². The fraction of sp³-hybridized carbons (Fsp3) is 0.387. The van der Waals surface area contributed by atoms with E-state index in [0.29, 0.717) is 35.7 Å². The van der Waals surface area contributed by atoms with Crippen LogP contribution in [0.5, 0.6) is 0 Å². The number of ether oxygens (including phenoxy) is 2. The van der Waals surface area contributed by atoms with E-state index in [4.69, 9.17) is 26.8 Å². The van der Waals surface area contributed by atoms with Crippen LogP contribution >= 0.6 is 11.6 Å². The highest BCUT2D eigenvalue weighted by Gasteiger charge is 2.30. The van der Waals surface area contributed by atoms with Gasteiger partial charge in [0.05, 0.1) is 18.3 Å². The van der Waals surface area contributed by atoms with E-state index in [1.165, 1.54) is 4.57 Å². The average molecular weight is 564 g/mol. The molecule has 1 aromatic heterocycles. The van der Waals surface area contributed by atoms with E-state index in [9.17, 15) is 14.4 Å². The van der Waals surface area contributed by atoms with Crippen LogP contribution in [0.2, 0.25) is 5.02 Å². The average Bonchev–Trinajstić information content (AvgIpc) is 2.93. The molecule has 3 aromatic rings. The largest absolute Gasteiger partial charge is 0.378 e. The molecule has 3 N–H and O–H groups in total. The number of carbonyl (C=O) groups excluding carboxylic acids is 2. The monoisotopic (exact) mass is 563 g/mol. The minimum Gasteiger partial charge on any atom is -0.378 e. The third-order valence-corrected chi connectivity index (χ3v) is 7.93. The van der Waals surface area contributed by atoms with Gasteiger partial charge in [-0.25, -0.2) is 0 Å². The fourth-order valence-electron chi connectivity index (χ4n) is 5.65. The molecular formula is C31H34ClN3O5. The number of carbonyl (C=O) groups is 2. The molecule has 2 aromatic carbocycles. The first-order valence-electron chi connectivity index (χ1n) is 13.7. The first-order chi connectivity index (χ1) is 19.2. The number of halogens is 1. The van der Waals surface area contributed by atoms with Crippen molar-refractivity contribution in [2.45, 2.75) is 70.3 Å². The summed E-state index contributed by atoms with van der Waals surface area (Å²) in [6, 6.07) is 12.8. The van der Waals surface area contributed by atoms with Gasteiger partial charge in [-0.2, -0.15) is 0 Å². The number of aromatic nitrogens is 1. The Morgan fingerprint density at radius 1 is 1.10 bits per heavy atom. The van der Waals surface area contributed by atoms with Gasteiger partial charge in [0.1, 0.15) is 6.04 Å². The molecule has 0 bridgehead atoms. The second-order valence-electron chi connectivity index (χ2n) is 10.7. The third kappa shape index (κ3) is 6.14. The minimum atomic E-state index is -0.828. The van der Waals surface area contributed by atoms with Gasteiger partial charge in [0.2, 0.25) is 11.8 Å². The topological polar surface area (TPSA) is 113 Å². The summed E-state index contributed by atoms with van der Waals surface area (Å²) >= 11 is 6.38.